The quantitative estimate of drug-likeness (QED) is 0.635. The molecule has 0 unspecified atom stereocenters. The molecule has 2 aromatic rings. The molecule has 0 saturated heterocycles. The number of hydrogen-bond donors (Lipinski definition) is 2. The molecule has 4 nitrogen and oxygen atoms in total. The Morgan fingerprint density at radius 3 is 2.82 bits per heavy atom. The number of aryl methyl sites for hydroxylation is 1. The van der Waals surface area contributed by atoms with E-state index in [1.54, 1.807) is 30.5 Å². The first-order chi connectivity index (χ1) is 10.7. The number of benzene rings is 1. The fraction of sp³-hybridized carbons (Fsp3) is 0.375. The Balaban J connectivity index is 1.77. The molecule has 2 N–H and O–H groups in total. The van der Waals surface area contributed by atoms with Gasteiger partial charge >= 0.3 is 0 Å². The standard InChI is InChI=1S/C16H21FN4S/c1-3-13-10-20-15(22-13)11-21-16(18-2)19-9-8-12-6-4-5-7-14(12)17/h4-7,10H,3,8-9,11H2,1-2H3,(H2,18,19,21). The van der Waals surface area contributed by atoms with Crippen molar-refractivity contribution >= 4 is 17.3 Å². The van der Waals surface area contributed by atoms with Crippen LogP contribution in [-0.4, -0.2) is 24.5 Å². The lowest BCUT2D eigenvalue weighted by Crippen LogP contribution is -2.37. The average molecular weight is 320 g/mol. The summed E-state index contributed by atoms with van der Waals surface area (Å²) < 4.78 is 13.5. The van der Waals surface area contributed by atoms with E-state index in [9.17, 15) is 4.39 Å². The van der Waals surface area contributed by atoms with Crippen molar-refractivity contribution < 1.29 is 4.39 Å². The molecule has 0 saturated carbocycles. The molecule has 0 fully saturated rings. The number of aromatic nitrogens is 1. The minimum atomic E-state index is -0.165. The first-order valence-corrected chi connectivity index (χ1v) is 8.16. The van der Waals surface area contributed by atoms with Gasteiger partial charge in [-0.3, -0.25) is 4.99 Å². The van der Waals surface area contributed by atoms with E-state index in [4.69, 9.17) is 0 Å². The van der Waals surface area contributed by atoms with Crippen LogP contribution in [0.3, 0.4) is 0 Å². The van der Waals surface area contributed by atoms with Gasteiger partial charge in [-0.15, -0.1) is 11.3 Å². The van der Waals surface area contributed by atoms with Gasteiger partial charge in [0.1, 0.15) is 10.8 Å². The van der Waals surface area contributed by atoms with Gasteiger partial charge in [-0.25, -0.2) is 9.37 Å². The van der Waals surface area contributed by atoms with E-state index in [2.05, 4.69) is 27.5 Å². The third-order valence-electron chi connectivity index (χ3n) is 3.23. The van der Waals surface area contributed by atoms with Gasteiger partial charge in [-0.1, -0.05) is 25.1 Å². The van der Waals surface area contributed by atoms with Crippen molar-refractivity contribution in [2.45, 2.75) is 26.3 Å². The zero-order valence-corrected chi connectivity index (χ0v) is 13.7. The summed E-state index contributed by atoms with van der Waals surface area (Å²) in [5.74, 6) is 0.534. The second-order valence-electron chi connectivity index (χ2n) is 4.77. The van der Waals surface area contributed by atoms with Crippen LogP contribution >= 0.6 is 11.3 Å². The average Bonchev–Trinajstić information content (AvgIpc) is 3.00. The molecular weight excluding hydrogens is 299 g/mol. The van der Waals surface area contributed by atoms with Crippen LogP contribution in [0.15, 0.2) is 35.5 Å². The predicted molar refractivity (Wildman–Crippen MR) is 89.8 cm³/mol. The molecule has 0 aliphatic heterocycles. The molecule has 0 spiro atoms. The molecule has 2 rings (SSSR count). The molecule has 0 aliphatic carbocycles. The van der Waals surface area contributed by atoms with Gasteiger partial charge in [0.15, 0.2) is 5.96 Å². The van der Waals surface area contributed by atoms with E-state index in [1.807, 2.05) is 12.3 Å². The normalized spacial score (nSPS) is 11.5. The predicted octanol–water partition coefficient (Wildman–Crippen LogP) is 2.75. The number of rotatable bonds is 6. The van der Waals surface area contributed by atoms with Crippen LogP contribution in [0.1, 0.15) is 22.4 Å². The number of thiazole rings is 1. The van der Waals surface area contributed by atoms with Crippen molar-refractivity contribution in [3.8, 4) is 0 Å². The van der Waals surface area contributed by atoms with Gasteiger partial charge in [0.2, 0.25) is 0 Å². The summed E-state index contributed by atoms with van der Waals surface area (Å²) in [5, 5.41) is 7.44. The molecule has 6 heteroatoms. The summed E-state index contributed by atoms with van der Waals surface area (Å²) in [7, 11) is 1.72. The largest absolute Gasteiger partial charge is 0.356 e. The Labute approximate surface area is 134 Å². The van der Waals surface area contributed by atoms with E-state index in [-0.39, 0.29) is 5.82 Å². The summed E-state index contributed by atoms with van der Waals surface area (Å²) >= 11 is 1.70. The molecule has 1 aromatic heterocycles. The van der Waals surface area contributed by atoms with E-state index < -0.39 is 0 Å². The Hall–Kier alpha value is -1.95. The van der Waals surface area contributed by atoms with Crippen LogP contribution < -0.4 is 10.6 Å². The van der Waals surface area contributed by atoms with E-state index in [0.717, 1.165) is 11.4 Å². The van der Waals surface area contributed by atoms with Crippen molar-refractivity contribution in [1.29, 1.82) is 0 Å². The molecule has 22 heavy (non-hydrogen) atoms. The van der Waals surface area contributed by atoms with Gasteiger partial charge in [0, 0.05) is 24.7 Å². The second kappa shape index (κ2) is 8.48. The van der Waals surface area contributed by atoms with Gasteiger partial charge in [-0.05, 0) is 24.5 Å². The number of guanidine groups is 1. The van der Waals surface area contributed by atoms with Crippen LogP contribution in [0.5, 0.6) is 0 Å². The van der Waals surface area contributed by atoms with Crippen molar-refractivity contribution in [2.75, 3.05) is 13.6 Å². The molecule has 0 radical (unpaired) electrons. The lowest BCUT2D eigenvalue weighted by molar-refractivity contribution is 0.606. The molecule has 0 bridgehead atoms. The second-order valence-corrected chi connectivity index (χ2v) is 5.97. The van der Waals surface area contributed by atoms with Gasteiger partial charge < -0.3 is 10.6 Å². The minimum Gasteiger partial charge on any atom is -0.356 e. The zero-order chi connectivity index (χ0) is 15.8. The topological polar surface area (TPSA) is 49.3 Å². The monoisotopic (exact) mass is 320 g/mol. The van der Waals surface area contributed by atoms with Crippen LogP contribution in [0.4, 0.5) is 4.39 Å². The number of nitrogens with one attached hydrogen (secondary N) is 2. The van der Waals surface area contributed by atoms with Gasteiger partial charge in [-0.2, -0.15) is 0 Å². The fourth-order valence-electron chi connectivity index (χ4n) is 1.99. The molecule has 0 atom stereocenters. The fourth-order valence-corrected chi connectivity index (χ4v) is 2.79. The van der Waals surface area contributed by atoms with Crippen molar-refractivity contribution in [1.82, 2.24) is 15.6 Å². The van der Waals surface area contributed by atoms with E-state index in [1.165, 1.54) is 10.9 Å². The number of halogens is 1. The number of hydrogen-bond acceptors (Lipinski definition) is 3. The molecule has 0 amide bonds. The summed E-state index contributed by atoms with van der Waals surface area (Å²) in [5.41, 5.74) is 0.706. The molecule has 118 valence electrons. The molecular formula is C16H21FN4S. The number of nitrogens with zero attached hydrogens (tertiary/aromatic N) is 2. The Morgan fingerprint density at radius 1 is 1.32 bits per heavy atom. The van der Waals surface area contributed by atoms with Crippen molar-refractivity contribution in [3.05, 3.63) is 51.7 Å². The first kappa shape index (κ1) is 16.4. The van der Waals surface area contributed by atoms with E-state index in [0.29, 0.717) is 31.0 Å². The Morgan fingerprint density at radius 2 is 2.14 bits per heavy atom. The highest BCUT2D eigenvalue weighted by molar-refractivity contribution is 7.11. The SMILES string of the molecule is CCc1cnc(CNC(=NC)NCCc2ccccc2F)s1. The zero-order valence-electron chi connectivity index (χ0n) is 12.9. The minimum absolute atomic E-state index is 0.165. The third-order valence-corrected chi connectivity index (χ3v) is 4.37. The third kappa shape index (κ3) is 4.80. The summed E-state index contributed by atoms with van der Waals surface area (Å²) in [6, 6.07) is 6.83. The van der Waals surface area contributed by atoms with Crippen LogP contribution in [0, 0.1) is 5.82 Å². The molecule has 0 aliphatic rings. The van der Waals surface area contributed by atoms with Crippen molar-refractivity contribution in [3.63, 3.8) is 0 Å². The van der Waals surface area contributed by atoms with Crippen LogP contribution in [0.25, 0.3) is 0 Å². The van der Waals surface area contributed by atoms with Gasteiger partial charge in [0.05, 0.1) is 6.54 Å². The molecule has 1 aromatic carbocycles. The summed E-state index contributed by atoms with van der Waals surface area (Å²) in [4.78, 5) is 9.79. The maximum atomic E-state index is 13.5. The maximum Gasteiger partial charge on any atom is 0.191 e. The summed E-state index contributed by atoms with van der Waals surface area (Å²) in [6.45, 7) is 3.39. The molecule has 1 heterocycles. The Bertz CT molecular complexity index is 624. The highest BCUT2D eigenvalue weighted by atomic mass is 32.1. The first-order valence-electron chi connectivity index (χ1n) is 7.34. The number of aliphatic imine (C=N–C) groups is 1. The maximum absolute atomic E-state index is 13.5. The van der Waals surface area contributed by atoms with E-state index >= 15 is 0 Å². The van der Waals surface area contributed by atoms with Crippen LogP contribution in [-0.2, 0) is 19.4 Å². The van der Waals surface area contributed by atoms with Crippen molar-refractivity contribution in [2.24, 2.45) is 4.99 Å². The van der Waals surface area contributed by atoms with Crippen LogP contribution in [0.2, 0.25) is 0 Å². The lowest BCUT2D eigenvalue weighted by Gasteiger charge is -2.11. The highest BCUT2D eigenvalue weighted by Crippen LogP contribution is 2.12. The highest BCUT2D eigenvalue weighted by Gasteiger charge is 2.04. The Kier molecular flexibility index (Phi) is 6.33. The summed E-state index contributed by atoms with van der Waals surface area (Å²) in [6.07, 6.45) is 3.54. The van der Waals surface area contributed by atoms with Gasteiger partial charge in [0.25, 0.3) is 0 Å². The lowest BCUT2D eigenvalue weighted by atomic mass is 10.1. The smallest absolute Gasteiger partial charge is 0.191 e.